The smallest absolute Gasteiger partial charge is 0.268 e. The lowest BCUT2D eigenvalue weighted by Crippen LogP contribution is -2.12. The highest BCUT2D eigenvalue weighted by Gasteiger charge is 2.18. The fraction of sp³-hybridized carbons (Fsp3) is 0.444. The summed E-state index contributed by atoms with van der Waals surface area (Å²) in [7, 11) is 0. The van der Waals surface area contributed by atoms with Gasteiger partial charge in [0.15, 0.2) is 5.65 Å². The molecular weight excluding hydrogens is 344 g/mol. The van der Waals surface area contributed by atoms with Gasteiger partial charge in [-0.15, -0.1) is 0 Å². The number of fused-ring (bicyclic) bond motifs is 1. The summed E-state index contributed by atoms with van der Waals surface area (Å²) >= 11 is 0. The molecular formula is C18H24N8O. The zero-order valence-electron chi connectivity index (χ0n) is 15.8. The van der Waals surface area contributed by atoms with Crippen molar-refractivity contribution in [2.75, 3.05) is 24.2 Å². The molecule has 0 spiro atoms. The number of nitrogens with two attached hydrogens (primary N) is 1. The Morgan fingerprint density at radius 2 is 2.19 bits per heavy atom. The molecule has 0 radical (unpaired) electrons. The minimum absolute atomic E-state index is 0.0431. The van der Waals surface area contributed by atoms with E-state index in [9.17, 15) is 5.11 Å². The number of hydrogen-bond donors (Lipinski definition) is 3. The summed E-state index contributed by atoms with van der Waals surface area (Å²) in [5, 5.41) is 21.3. The zero-order valence-corrected chi connectivity index (χ0v) is 15.8. The Morgan fingerprint density at radius 1 is 1.41 bits per heavy atom. The van der Waals surface area contributed by atoms with Gasteiger partial charge in [0.1, 0.15) is 11.6 Å². The van der Waals surface area contributed by atoms with Crippen molar-refractivity contribution in [3.8, 4) is 0 Å². The SMILES string of the molecule is [C-]#[N+]c1c(NCCc2ccn(C(C)CO)n2)nc2c(CC)c(C)nn2c1N. The Balaban J connectivity index is 1.82. The fourth-order valence-electron chi connectivity index (χ4n) is 3.01. The van der Waals surface area contributed by atoms with Gasteiger partial charge in [0, 0.05) is 24.7 Å². The lowest BCUT2D eigenvalue weighted by molar-refractivity contribution is 0.229. The summed E-state index contributed by atoms with van der Waals surface area (Å²) < 4.78 is 3.29. The van der Waals surface area contributed by atoms with E-state index in [0.717, 1.165) is 23.4 Å². The molecule has 0 aliphatic carbocycles. The summed E-state index contributed by atoms with van der Waals surface area (Å²) in [6, 6.07) is 1.87. The number of aryl methyl sites for hydroxylation is 2. The predicted octanol–water partition coefficient (Wildman–Crippen LogP) is 2.14. The van der Waals surface area contributed by atoms with Crippen molar-refractivity contribution in [3.05, 3.63) is 40.6 Å². The van der Waals surface area contributed by atoms with E-state index in [1.165, 1.54) is 0 Å². The van der Waals surface area contributed by atoms with Crippen LogP contribution in [0.2, 0.25) is 0 Å². The average molecular weight is 368 g/mol. The number of hydrogen-bond acceptors (Lipinski definition) is 6. The van der Waals surface area contributed by atoms with Gasteiger partial charge in [-0.05, 0) is 26.3 Å². The summed E-state index contributed by atoms with van der Waals surface area (Å²) in [5.74, 6) is 0.758. The first-order valence-electron chi connectivity index (χ1n) is 8.94. The molecule has 0 aliphatic heterocycles. The van der Waals surface area contributed by atoms with Crippen LogP contribution in [-0.4, -0.2) is 42.6 Å². The minimum atomic E-state index is -0.0538. The highest BCUT2D eigenvalue weighted by atomic mass is 16.3. The maximum Gasteiger partial charge on any atom is 0.268 e. The average Bonchev–Trinajstić information content (AvgIpc) is 3.25. The molecule has 0 saturated carbocycles. The quantitative estimate of drug-likeness (QED) is 0.551. The number of nitrogen functional groups attached to an aromatic ring is 1. The van der Waals surface area contributed by atoms with Crippen LogP contribution in [0.5, 0.6) is 0 Å². The van der Waals surface area contributed by atoms with Crippen molar-refractivity contribution in [2.45, 2.75) is 39.7 Å². The second-order valence-corrected chi connectivity index (χ2v) is 6.45. The van der Waals surface area contributed by atoms with E-state index in [-0.39, 0.29) is 18.3 Å². The van der Waals surface area contributed by atoms with Gasteiger partial charge < -0.3 is 16.2 Å². The molecule has 9 nitrogen and oxygen atoms in total. The molecule has 0 bridgehead atoms. The lowest BCUT2D eigenvalue weighted by Gasteiger charge is -2.11. The molecule has 1 unspecified atom stereocenters. The van der Waals surface area contributed by atoms with Gasteiger partial charge in [0.25, 0.3) is 5.69 Å². The van der Waals surface area contributed by atoms with Crippen LogP contribution in [0.1, 0.15) is 36.8 Å². The van der Waals surface area contributed by atoms with Gasteiger partial charge in [0.05, 0.1) is 30.6 Å². The Bertz CT molecular complexity index is 997. The summed E-state index contributed by atoms with van der Waals surface area (Å²) in [6.07, 6.45) is 3.30. The largest absolute Gasteiger partial charge is 0.394 e. The molecule has 3 aromatic rings. The normalized spacial score (nSPS) is 12.3. The number of aromatic nitrogens is 5. The van der Waals surface area contributed by atoms with Crippen LogP contribution in [0.4, 0.5) is 17.3 Å². The van der Waals surface area contributed by atoms with E-state index < -0.39 is 0 Å². The lowest BCUT2D eigenvalue weighted by atomic mass is 10.2. The van der Waals surface area contributed by atoms with Crippen molar-refractivity contribution >= 4 is 23.0 Å². The highest BCUT2D eigenvalue weighted by Crippen LogP contribution is 2.32. The maximum atomic E-state index is 9.21. The predicted molar refractivity (Wildman–Crippen MR) is 104 cm³/mol. The monoisotopic (exact) mass is 368 g/mol. The third kappa shape index (κ3) is 3.44. The van der Waals surface area contributed by atoms with Crippen LogP contribution < -0.4 is 11.1 Å². The third-order valence-corrected chi connectivity index (χ3v) is 4.59. The molecule has 3 aromatic heterocycles. The van der Waals surface area contributed by atoms with Crippen LogP contribution in [-0.2, 0) is 12.8 Å². The minimum Gasteiger partial charge on any atom is -0.394 e. The zero-order chi connectivity index (χ0) is 19.6. The van der Waals surface area contributed by atoms with Gasteiger partial charge in [-0.25, -0.2) is 14.3 Å². The van der Waals surface area contributed by atoms with Crippen molar-refractivity contribution in [3.63, 3.8) is 0 Å². The Labute approximate surface area is 157 Å². The number of aliphatic hydroxyl groups is 1. The fourth-order valence-corrected chi connectivity index (χ4v) is 3.01. The standard InChI is InChI=1S/C18H24N8O/c1-5-14-12(3)23-26-16(19)15(20-4)17(22-18(14)26)21-8-6-13-7-9-25(24-13)11(2)10-27/h7,9,11,27H,5-6,8,10,19H2,1-3H3,(H,21,22). The molecule has 0 saturated heterocycles. The van der Waals surface area contributed by atoms with Crippen LogP contribution in [0, 0.1) is 13.5 Å². The van der Waals surface area contributed by atoms with Crippen molar-refractivity contribution < 1.29 is 5.11 Å². The van der Waals surface area contributed by atoms with Crippen molar-refractivity contribution in [1.29, 1.82) is 0 Å². The number of nitrogens with zero attached hydrogens (tertiary/aromatic N) is 6. The second kappa shape index (κ2) is 7.63. The third-order valence-electron chi connectivity index (χ3n) is 4.59. The molecule has 3 heterocycles. The van der Waals surface area contributed by atoms with E-state index in [4.69, 9.17) is 12.3 Å². The molecule has 0 aliphatic rings. The first-order chi connectivity index (χ1) is 13.0. The van der Waals surface area contributed by atoms with Gasteiger partial charge in [0.2, 0.25) is 0 Å². The Morgan fingerprint density at radius 3 is 2.85 bits per heavy atom. The van der Waals surface area contributed by atoms with Crippen LogP contribution in [0.3, 0.4) is 0 Å². The molecule has 0 fully saturated rings. The number of nitrogens with one attached hydrogen (secondary N) is 1. The summed E-state index contributed by atoms with van der Waals surface area (Å²) in [5.41, 5.74) is 9.92. The maximum absolute atomic E-state index is 9.21. The molecule has 0 amide bonds. The van der Waals surface area contributed by atoms with Crippen LogP contribution >= 0.6 is 0 Å². The van der Waals surface area contributed by atoms with Crippen molar-refractivity contribution in [2.24, 2.45) is 0 Å². The molecule has 27 heavy (non-hydrogen) atoms. The van der Waals surface area contributed by atoms with E-state index in [1.807, 2.05) is 33.0 Å². The Hall–Kier alpha value is -3.12. The number of rotatable bonds is 7. The van der Waals surface area contributed by atoms with Gasteiger partial charge in [-0.3, -0.25) is 4.68 Å². The van der Waals surface area contributed by atoms with Gasteiger partial charge in [-0.2, -0.15) is 10.2 Å². The summed E-state index contributed by atoms with van der Waals surface area (Å²) in [6.45, 7) is 13.9. The molecule has 142 valence electrons. The van der Waals surface area contributed by atoms with E-state index >= 15 is 0 Å². The molecule has 0 aromatic carbocycles. The molecule has 1 atom stereocenters. The van der Waals surface area contributed by atoms with Crippen LogP contribution in [0.15, 0.2) is 12.3 Å². The van der Waals surface area contributed by atoms with Crippen molar-refractivity contribution in [1.82, 2.24) is 24.4 Å². The number of aliphatic hydroxyl groups excluding tert-OH is 1. The topological polar surface area (TPSA) is 111 Å². The molecule has 4 N–H and O–H groups in total. The van der Waals surface area contributed by atoms with E-state index in [0.29, 0.717) is 30.2 Å². The first kappa shape index (κ1) is 18.7. The van der Waals surface area contributed by atoms with E-state index in [2.05, 4.69) is 25.3 Å². The summed E-state index contributed by atoms with van der Waals surface area (Å²) in [4.78, 5) is 8.15. The first-order valence-corrected chi connectivity index (χ1v) is 8.94. The Kier molecular flexibility index (Phi) is 5.28. The van der Waals surface area contributed by atoms with E-state index in [1.54, 1.807) is 9.20 Å². The molecule has 9 heteroatoms. The number of anilines is 2. The highest BCUT2D eigenvalue weighted by molar-refractivity contribution is 5.80. The van der Waals surface area contributed by atoms with Crippen LogP contribution in [0.25, 0.3) is 10.5 Å². The second-order valence-electron chi connectivity index (χ2n) is 6.45. The van der Waals surface area contributed by atoms with Gasteiger partial charge >= 0.3 is 0 Å². The molecule has 3 rings (SSSR count). The van der Waals surface area contributed by atoms with Gasteiger partial charge in [-0.1, -0.05) is 6.92 Å².